The maximum Gasteiger partial charge on any atom is 0.271 e. The molecule has 2 N–H and O–H groups in total. The second-order valence-corrected chi connectivity index (χ2v) is 5.55. The molecular weight excluding hydrogens is 330 g/mol. The molecule has 0 unspecified atom stereocenters. The Labute approximate surface area is 149 Å². The largest absolute Gasteiger partial charge is 0.467 e. The Morgan fingerprint density at radius 1 is 1.00 bits per heavy atom. The SMILES string of the molecule is O=C(NCc1ccco1)c1cnc(Nc2cccc3cccnc23)cn1. The molecule has 0 fully saturated rings. The van der Waals surface area contributed by atoms with Crippen LogP contribution in [-0.4, -0.2) is 20.9 Å². The van der Waals surface area contributed by atoms with Crippen molar-refractivity contribution in [1.82, 2.24) is 20.3 Å². The molecule has 0 bridgehead atoms. The van der Waals surface area contributed by atoms with Crippen molar-refractivity contribution in [2.24, 2.45) is 0 Å². The van der Waals surface area contributed by atoms with Crippen LogP contribution < -0.4 is 10.6 Å². The summed E-state index contributed by atoms with van der Waals surface area (Å²) in [5.41, 5.74) is 1.91. The van der Waals surface area contributed by atoms with Crippen LogP contribution in [-0.2, 0) is 6.54 Å². The Kier molecular flexibility index (Phi) is 4.26. The highest BCUT2D eigenvalue weighted by Crippen LogP contribution is 2.23. The van der Waals surface area contributed by atoms with Crippen molar-refractivity contribution in [2.75, 3.05) is 5.32 Å². The number of hydrogen-bond acceptors (Lipinski definition) is 6. The second kappa shape index (κ2) is 7.02. The van der Waals surface area contributed by atoms with Gasteiger partial charge in [-0.3, -0.25) is 9.78 Å². The van der Waals surface area contributed by atoms with Crippen molar-refractivity contribution < 1.29 is 9.21 Å². The highest BCUT2D eigenvalue weighted by atomic mass is 16.3. The van der Waals surface area contributed by atoms with Gasteiger partial charge in [-0.05, 0) is 24.3 Å². The number of benzene rings is 1. The third kappa shape index (κ3) is 3.36. The molecule has 7 nitrogen and oxygen atoms in total. The summed E-state index contributed by atoms with van der Waals surface area (Å²) < 4.78 is 5.17. The predicted molar refractivity (Wildman–Crippen MR) is 96.9 cm³/mol. The van der Waals surface area contributed by atoms with E-state index in [1.54, 1.807) is 24.6 Å². The van der Waals surface area contributed by atoms with Crippen LogP contribution in [0.2, 0.25) is 0 Å². The molecule has 0 aliphatic heterocycles. The van der Waals surface area contributed by atoms with Crippen LogP contribution in [0.25, 0.3) is 10.9 Å². The van der Waals surface area contributed by atoms with Gasteiger partial charge >= 0.3 is 0 Å². The number of nitrogens with one attached hydrogen (secondary N) is 2. The molecule has 0 aliphatic rings. The minimum absolute atomic E-state index is 0.234. The minimum atomic E-state index is -0.313. The van der Waals surface area contributed by atoms with Crippen LogP contribution in [0.15, 0.2) is 71.7 Å². The lowest BCUT2D eigenvalue weighted by Crippen LogP contribution is -2.23. The number of rotatable bonds is 5. The van der Waals surface area contributed by atoms with Gasteiger partial charge in [-0.15, -0.1) is 0 Å². The first-order valence-electron chi connectivity index (χ1n) is 8.03. The summed E-state index contributed by atoms with van der Waals surface area (Å²) in [6.45, 7) is 0.301. The summed E-state index contributed by atoms with van der Waals surface area (Å²) in [5.74, 6) is 0.895. The van der Waals surface area contributed by atoms with Gasteiger partial charge in [0.1, 0.15) is 17.3 Å². The van der Waals surface area contributed by atoms with E-state index in [1.807, 2.05) is 30.3 Å². The fraction of sp³-hybridized carbons (Fsp3) is 0.0526. The zero-order valence-corrected chi connectivity index (χ0v) is 13.7. The number of furan rings is 1. The Bertz CT molecular complexity index is 1020. The number of para-hydroxylation sites is 1. The Hall–Kier alpha value is -3.74. The summed E-state index contributed by atoms with van der Waals surface area (Å²) >= 11 is 0. The summed E-state index contributed by atoms with van der Waals surface area (Å²) in [6.07, 6.45) is 6.25. The summed E-state index contributed by atoms with van der Waals surface area (Å²) in [5, 5.41) is 6.94. The number of carbonyl (C=O) groups is 1. The number of carbonyl (C=O) groups excluding carboxylic acids is 1. The predicted octanol–water partition coefficient (Wildman–Crippen LogP) is 3.29. The van der Waals surface area contributed by atoms with Gasteiger partial charge in [0.2, 0.25) is 0 Å². The first-order valence-corrected chi connectivity index (χ1v) is 8.03. The first kappa shape index (κ1) is 15.8. The molecule has 3 aromatic heterocycles. The van der Waals surface area contributed by atoms with E-state index in [4.69, 9.17) is 4.42 Å². The highest BCUT2D eigenvalue weighted by molar-refractivity contribution is 5.93. The zero-order valence-electron chi connectivity index (χ0n) is 13.7. The van der Waals surface area contributed by atoms with Crippen molar-refractivity contribution in [3.8, 4) is 0 Å². The fourth-order valence-electron chi connectivity index (χ4n) is 2.52. The molecule has 4 aromatic rings. The molecule has 26 heavy (non-hydrogen) atoms. The van der Waals surface area contributed by atoms with Crippen molar-refractivity contribution in [3.63, 3.8) is 0 Å². The number of aromatic nitrogens is 3. The second-order valence-electron chi connectivity index (χ2n) is 5.55. The van der Waals surface area contributed by atoms with Crippen molar-refractivity contribution in [2.45, 2.75) is 6.54 Å². The molecule has 7 heteroatoms. The van der Waals surface area contributed by atoms with Gasteiger partial charge in [0, 0.05) is 11.6 Å². The summed E-state index contributed by atoms with van der Waals surface area (Å²) in [6, 6.07) is 13.3. The highest BCUT2D eigenvalue weighted by Gasteiger charge is 2.09. The molecule has 0 saturated carbocycles. The normalized spacial score (nSPS) is 10.6. The van der Waals surface area contributed by atoms with Gasteiger partial charge in [-0.25, -0.2) is 9.97 Å². The van der Waals surface area contributed by atoms with Gasteiger partial charge in [0.15, 0.2) is 0 Å². The van der Waals surface area contributed by atoms with Gasteiger partial charge in [0.25, 0.3) is 5.91 Å². The number of fused-ring (bicyclic) bond motifs is 1. The lowest BCUT2D eigenvalue weighted by atomic mass is 10.2. The van der Waals surface area contributed by atoms with Gasteiger partial charge in [0.05, 0.1) is 36.4 Å². The van der Waals surface area contributed by atoms with E-state index in [0.29, 0.717) is 18.1 Å². The van der Waals surface area contributed by atoms with E-state index in [0.717, 1.165) is 16.6 Å². The topological polar surface area (TPSA) is 92.9 Å². The van der Waals surface area contributed by atoms with E-state index in [-0.39, 0.29) is 11.6 Å². The molecule has 4 rings (SSSR count). The van der Waals surface area contributed by atoms with Crippen LogP contribution in [0.5, 0.6) is 0 Å². The molecule has 1 aromatic carbocycles. The third-order valence-corrected chi connectivity index (χ3v) is 3.78. The molecule has 3 heterocycles. The molecule has 1 amide bonds. The van der Waals surface area contributed by atoms with Crippen LogP contribution in [0.4, 0.5) is 11.5 Å². The first-order chi connectivity index (χ1) is 12.8. The third-order valence-electron chi connectivity index (χ3n) is 3.78. The fourth-order valence-corrected chi connectivity index (χ4v) is 2.52. The monoisotopic (exact) mass is 345 g/mol. The van der Waals surface area contributed by atoms with Gasteiger partial charge < -0.3 is 15.1 Å². The minimum Gasteiger partial charge on any atom is -0.467 e. The maximum absolute atomic E-state index is 12.1. The Morgan fingerprint density at radius 3 is 2.73 bits per heavy atom. The zero-order chi connectivity index (χ0) is 17.8. The van der Waals surface area contributed by atoms with E-state index in [1.165, 1.54) is 12.4 Å². The van der Waals surface area contributed by atoms with Crippen LogP contribution in [0.3, 0.4) is 0 Å². The number of pyridine rings is 1. The van der Waals surface area contributed by atoms with Crippen LogP contribution in [0, 0.1) is 0 Å². The lowest BCUT2D eigenvalue weighted by Gasteiger charge is -2.08. The maximum atomic E-state index is 12.1. The molecule has 128 valence electrons. The quantitative estimate of drug-likeness (QED) is 0.576. The average Bonchev–Trinajstić information content (AvgIpc) is 3.21. The summed E-state index contributed by atoms with van der Waals surface area (Å²) in [4.78, 5) is 24.9. The number of amides is 1. The number of anilines is 2. The Balaban J connectivity index is 1.46. The van der Waals surface area contributed by atoms with Crippen LogP contribution >= 0.6 is 0 Å². The van der Waals surface area contributed by atoms with Gasteiger partial charge in [-0.1, -0.05) is 18.2 Å². The van der Waals surface area contributed by atoms with E-state index in [2.05, 4.69) is 25.6 Å². The smallest absolute Gasteiger partial charge is 0.271 e. The lowest BCUT2D eigenvalue weighted by molar-refractivity contribution is 0.0942. The molecular formula is C19H15N5O2. The standard InChI is InChI=1S/C19H15N5O2/c25-19(23-10-14-6-3-9-26-14)16-11-22-17(12-21-16)24-15-7-1-4-13-5-2-8-20-18(13)15/h1-9,11-12H,10H2,(H,22,24)(H,23,25). The van der Waals surface area contributed by atoms with Crippen LogP contribution in [0.1, 0.15) is 16.2 Å². The molecule has 0 atom stereocenters. The molecule has 0 aliphatic carbocycles. The summed E-state index contributed by atoms with van der Waals surface area (Å²) in [7, 11) is 0. The van der Waals surface area contributed by atoms with Crippen molar-refractivity contribution >= 4 is 28.3 Å². The number of hydrogen-bond donors (Lipinski definition) is 2. The van der Waals surface area contributed by atoms with E-state index in [9.17, 15) is 4.79 Å². The molecule has 0 radical (unpaired) electrons. The van der Waals surface area contributed by atoms with Crippen molar-refractivity contribution in [1.29, 1.82) is 0 Å². The molecule has 0 spiro atoms. The van der Waals surface area contributed by atoms with E-state index >= 15 is 0 Å². The Morgan fingerprint density at radius 2 is 1.92 bits per heavy atom. The molecule has 0 saturated heterocycles. The number of nitrogens with zero attached hydrogens (tertiary/aromatic N) is 3. The van der Waals surface area contributed by atoms with E-state index < -0.39 is 0 Å². The van der Waals surface area contributed by atoms with Gasteiger partial charge in [-0.2, -0.15) is 0 Å². The van der Waals surface area contributed by atoms with Crippen molar-refractivity contribution in [3.05, 3.63) is 78.8 Å². The average molecular weight is 345 g/mol.